The largest absolute Gasteiger partial charge is 0.491 e. The summed E-state index contributed by atoms with van der Waals surface area (Å²) in [6.07, 6.45) is 1.68. The fraction of sp³-hybridized carbons (Fsp3) is 0.286. The molecule has 0 saturated heterocycles. The molecule has 1 atom stereocenters. The summed E-state index contributed by atoms with van der Waals surface area (Å²) in [7, 11) is 0. The van der Waals surface area contributed by atoms with Gasteiger partial charge in [0.25, 0.3) is 5.56 Å². The minimum Gasteiger partial charge on any atom is -0.491 e. The van der Waals surface area contributed by atoms with Crippen molar-refractivity contribution in [1.29, 1.82) is 0 Å². The molecular weight excluding hydrogens is 612 g/mol. The van der Waals surface area contributed by atoms with Gasteiger partial charge in [-0.05, 0) is 82.2 Å². The number of carbonyl (C=O) groups excluding carboxylic acids is 1. The average Bonchev–Trinajstić information content (AvgIpc) is 3.30. The monoisotopic (exact) mass is 646 g/mol. The number of thiazole rings is 1. The molecule has 0 N–H and O–H groups in total. The van der Waals surface area contributed by atoms with E-state index in [2.05, 4.69) is 4.99 Å². The van der Waals surface area contributed by atoms with E-state index in [1.54, 1.807) is 24.5 Å². The van der Waals surface area contributed by atoms with Crippen molar-refractivity contribution in [3.8, 4) is 17.2 Å². The molecule has 0 bridgehead atoms. The number of rotatable bonds is 11. The summed E-state index contributed by atoms with van der Waals surface area (Å²) < 4.78 is 25.5. The molecule has 10 heteroatoms. The standard InChI is InChI=1S/C35H35ClN2O6S/c1-6-41-29-18-23(15-16-28(29)43-20-24-11-10-12-25(36)17-24)19-30-33(39)38-32(26-13-8-9-14-27(26)44-21(3)4)31(34(40)42-7-2)22(5)37-35(38)45-30/h8-19,21,32H,6-7,20H2,1-5H3/b30-19-/t32-/m0/s1. The molecule has 0 amide bonds. The number of ether oxygens (including phenoxy) is 4. The summed E-state index contributed by atoms with van der Waals surface area (Å²) in [5.41, 5.74) is 2.87. The van der Waals surface area contributed by atoms with E-state index in [1.165, 1.54) is 11.3 Å². The van der Waals surface area contributed by atoms with Crippen LogP contribution in [0.4, 0.5) is 0 Å². The molecule has 8 nitrogen and oxygen atoms in total. The predicted molar refractivity (Wildman–Crippen MR) is 176 cm³/mol. The van der Waals surface area contributed by atoms with Crippen LogP contribution in [-0.2, 0) is 16.1 Å². The number of para-hydroxylation sites is 1. The van der Waals surface area contributed by atoms with Gasteiger partial charge in [0.05, 0.1) is 35.1 Å². The summed E-state index contributed by atoms with van der Waals surface area (Å²) in [4.78, 5) is 32.6. The first-order valence-electron chi connectivity index (χ1n) is 14.8. The first-order chi connectivity index (χ1) is 21.7. The maximum absolute atomic E-state index is 14.1. The topological polar surface area (TPSA) is 88.4 Å². The summed E-state index contributed by atoms with van der Waals surface area (Å²) in [6, 6.07) is 19.7. The number of fused-ring (bicyclic) bond motifs is 1. The highest BCUT2D eigenvalue weighted by molar-refractivity contribution is 7.07. The Kier molecular flexibility index (Phi) is 10.1. The summed E-state index contributed by atoms with van der Waals surface area (Å²) >= 11 is 7.38. The van der Waals surface area contributed by atoms with E-state index < -0.39 is 12.0 Å². The Hall–Kier alpha value is -4.34. The molecule has 0 unspecified atom stereocenters. The second kappa shape index (κ2) is 14.2. The third-order valence-corrected chi connectivity index (χ3v) is 8.16. The van der Waals surface area contributed by atoms with E-state index in [0.717, 1.165) is 11.1 Å². The van der Waals surface area contributed by atoms with Crippen LogP contribution in [0, 0.1) is 0 Å². The maximum Gasteiger partial charge on any atom is 0.338 e. The second-order valence-electron chi connectivity index (χ2n) is 10.6. The number of hydrogen-bond acceptors (Lipinski definition) is 8. The minimum atomic E-state index is -0.779. The molecule has 0 saturated carbocycles. The van der Waals surface area contributed by atoms with E-state index >= 15 is 0 Å². The van der Waals surface area contributed by atoms with Gasteiger partial charge in [0, 0.05) is 10.6 Å². The molecule has 3 aromatic carbocycles. The van der Waals surface area contributed by atoms with E-state index in [1.807, 2.05) is 87.5 Å². The molecule has 0 aliphatic carbocycles. The Bertz CT molecular complexity index is 1930. The maximum atomic E-state index is 14.1. The van der Waals surface area contributed by atoms with Gasteiger partial charge in [0.2, 0.25) is 0 Å². The Morgan fingerprint density at radius 1 is 1.00 bits per heavy atom. The van der Waals surface area contributed by atoms with Crippen molar-refractivity contribution in [3.05, 3.63) is 119 Å². The van der Waals surface area contributed by atoms with Crippen molar-refractivity contribution in [3.63, 3.8) is 0 Å². The molecule has 0 fully saturated rings. The Morgan fingerprint density at radius 3 is 2.53 bits per heavy atom. The number of esters is 1. The van der Waals surface area contributed by atoms with Gasteiger partial charge < -0.3 is 18.9 Å². The Balaban J connectivity index is 1.58. The van der Waals surface area contributed by atoms with Gasteiger partial charge in [-0.15, -0.1) is 0 Å². The molecule has 234 valence electrons. The van der Waals surface area contributed by atoms with Crippen molar-refractivity contribution < 1.29 is 23.7 Å². The van der Waals surface area contributed by atoms with Gasteiger partial charge in [0.1, 0.15) is 18.4 Å². The van der Waals surface area contributed by atoms with Crippen molar-refractivity contribution in [1.82, 2.24) is 4.57 Å². The zero-order valence-electron chi connectivity index (χ0n) is 25.8. The summed E-state index contributed by atoms with van der Waals surface area (Å²) in [6.45, 7) is 10.2. The summed E-state index contributed by atoms with van der Waals surface area (Å²) in [5.74, 6) is 1.19. The number of benzene rings is 3. The lowest BCUT2D eigenvalue weighted by Gasteiger charge is -2.26. The SMILES string of the molecule is CCOC(=O)C1=C(C)N=c2s/c(=C\c3ccc(OCc4cccc(Cl)c4)c(OCC)c3)c(=O)n2[C@H]1c1ccccc1OC(C)C. The van der Waals surface area contributed by atoms with Crippen LogP contribution in [0.2, 0.25) is 5.02 Å². The van der Waals surface area contributed by atoms with E-state index in [0.29, 0.717) is 61.7 Å². The van der Waals surface area contributed by atoms with Gasteiger partial charge in [-0.2, -0.15) is 0 Å². The number of nitrogens with zero attached hydrogens (tertiary/aromatic N) is 2. The predicted octanol–water partition coefficient (Wildman–Crippen LogP) is 6.22. The Morgan fingerprint density at radius 2 is 1.80 bits per heavy atom. The minimum absolute atomic E-state index is 0.116. The molecule has 1 aliphatic heterocycles. The zero-order chi connectivity index (χ0) is 32.1. The van der Waals surface area contributed by atoms with Gasteiger partial charge in [-0.3, -0.25) is 9.36 Å². The molecule has 1 aliphatic rings. The third kappa shape index (κ3) is 7.16. The van der Waals surface area contributed by atoms with Crippen LogP contribution >= 0.6 is 22.9 Å². The highest BCUT2D eigenvalue weighted by atomic mass is 35.5. The van der Waals surface area contributed by atoms with Gasteiger partial charge in [-0.1, -0.05) is 59.3 Å². The van der Waals surface area contributed by atoms with Crippen LogP contribution in [-0.4, -0.2) is 29.9 Å². The second-order valence-corrected chi connectivity index (χ2v) is 12.0. The lowest BCUT2D eigenvalue weighted by Crippen LogP contribution is -2.40. The number of halogens is 1. The molecule has 5 rings (SSSR count). The smallest absolute Gasteiger partial charge is 0.338 e. The molecule has 45 heavy (non-hydrogen) atoms. The molecule has 0 spiro atoms. The van der Waals surface area contributed by atoms with Gasteiger partial charge in [-0.25, -0.2) is 9.79 Å². The van der Waals surface area contributed by atoms with Crippen LogP contribution in [0.1, 0.15) is 57.4 Å². The van der Waals surface area contributed by atoms with E-state index in [9.17, 15) is 9.59 Å². The summed E-state index contributed by atoms with van der Waals surface area (Å²) in [5, 5.41) is 0.640. The van der Waals surface area contributed by atoms with Crippen LogP contribution < -0.4 is 29.1 Å². The highest BCUT2D eigenvalue weighted by Crippen LogP contribution is 2.36. The number of hydrogen-bond donors (Lipinski definition) is 0. The normalized spacial score (nSPS) is 14.6. The van der Waals surface area contributed by atoms with Crippen molar-refractivity contribution in [2.75, 3.05) is 13.2 Å². The fourth-order valence-electron chi connectivity index (χ4n) is 5.09. The molecule has 2 heterocycles. The average molecular weight is 647 g/mol. The van der Waals surface area contributed by atoms with Gasteiger partial charge in [0.15, 0.2) is 16.3 Å². The van der Waals surface area contributed by atoms with Crippen molar-refractivity contribution >= 4 is 35.0 Å². The quantitative estimate of drug-likeness (QED) is 0.180. The first kappa shape index (κ1) is 32.1. The number of carbonyl (C=O) groups is 1. The lowest BCUT2D eigenvalue weighted by molar-refractivity contribution is -0.139. The van der Waals surface area contributed by atoms with Crippen LogP contribution in [0.25, 0.3) is 6.08 Å². The Labute approximate surface area is 270 Å². The van der Waals surface area contributed by atoms with Crippen LogP contribution in [0.5, 0.6) is 17.2 Å². The third-order valence-electron chi connectivity index (χ3n) is 6.94. The van der Waals surface area contributed by atoms with E-state index in [4.69, 9.17) is 30.5 Å². The van der Waals surface area contributed by atoms with Gasteiger partial charge >= 0.3 is 5.97 Å². The molecule has 1 aromatic heterocycles. The number of allylic oxidation sites excluding steroid dienone is 1. The number of aromatic nitrogens is 1. The van der Waals surface area contributed by atoms with Crippen LogP contribution in [0.15, 0.2) is 87.8 Å². The zero-order valence-corrected chi connectivity index (χ0v) is 27.4. The molecule has 4 aromatic rings. The molecule has 0 radical (unpaired) electrons. The van der Waals surface area contributed by atoms with Crippen molar-refractivity contribution in [2.24, 2.45) is 4.99 Å². The first-order valence-corrected chi connectivity index (χ1v) is 16.0. The van der Waals surface area contributed by atoms with E-state index in [-0.39, 0.29) is 18.3 Å². The molecular formula is C35H35ClN2O6S. The van der Waals surface area contributed by atoms with Crippen LogP contribution in [0.3, 0.4) is 0 Å². The fourth-order valence-corrected chi connectivity index (χ4v) is 6.35. The lowest BCUT2D eigenvalue weighted by atomic mass is 9.95. The van der Waals surface area contributed by atoms with Crippen molar-refractivity contribution in [2.45, 2.75) is 53.4 Å². The highest BCUT2D eigenvalue weighted by Gasteiger charge is 2.35.